The molecule has 17 nitrogen and oxygen atoms in total. The SMILES string of the molecule is COCCOCCOC1C[C@@H]2CC[C@@H](C)[C@@](O)(O2)C(=O)C(=O)N2CCCC[C@H]2C(=O)O[C@H]([C@H](C)C[C@@H]2CC[C@@H](OCCOC)[C@H](OC)C2)CC(=O)[C@H](C)/C=C(\C)[C@@H](OC)[C@@H](OC)C(=O)[C@H](C)C[C@H](C)/C=C/C=CC=C1C. The lowest BCUT2D eigenvalue weighted by atomic mass is 9.78. The van der Waals surface area contributed by atoms with Gasteiger partial charge in [-0.05, 0) is 107 Å². The summed E-state index contributed by atoms with van der Waals surface area (Å²) in [6.45, 7) is 15.5. The Bertz CT molecular complexity index is 1950. The van der Waals surface area contributed by atoms with E-state index in [1.165, 1.54) is 19.1 Å². The lowest BCUT2D eigenvalue weighted by Gasteiger charge is -2.43. The molecule has 1 amide bonds. The third-order valence-electron chi connectivity index (χ3n) is 16.0. The first kappa shape index (κ1) is 65.0. The molecule has 4 rings (SSSR count). The first-order valence-electron chi connectivity index (χ1n) is 27.9. The molecule has 15 atom stereocenters. The molecule has 0 radical (unpaired) electrons. The summed E-state index contributed by atoms with van der Waals surface area (Å²) in [7, 11) is 7.91. The Morgan fingerprint density at radius 3 is 2.13 bits per heavy atom. The van der Waals surface area contributed by atoms with Crippen molar-refractivity contribution in [2.24, 2.45) is 35.5 Å². The number of ketones is 3. The summed E-state index contributed by atoms with van der Waals surface area (Å²) in [5, 5.41) is 12.2. The summed E-state index contributed by atoms with van der Waals surface area (Å²) in [5.41, 5.74) is 1.51. The predicted octanol–water partition coefficient (Wildman–Crippen LogP) is 7.54. The predicted molar refractivity (Wildman–Crippen MR) is 287 cm³/mol. The van der Waals surface area contributed by atoms with Crippen molar-refractivity contribution in [3.63, 3.8) is 0 Å². The van der Waals surface area contributed by atoms with Crippen molar-refractivity contribution in [1.82, 2.24) is 4.90 Å². The standard InChI is InChI=1S/C59H95NO16/c1-38-18-14-13-15-19-39(2)50(74-31-29-72-28-26-67-8)36-46-23-21-44(7)59(66,76-46)56(63)57(64)60-25-17-16-20-47(60)58(65)75-51(41(4)34-45-22-24-49(52(35-45)69-10)73-30-27-68-9)37-48(61)40(3)33-43(6)54(70-11)55(71-12)53(62)42(5)32-38/h13-15,18-19,33,38,40-42,44-47,49-52,54-55,66H,16-17,20-32,34-37H2,1-12H3/b15-13?,18-14+,39-19?,43-33+/t38-,40-,41-,42-,44-,45+,46+,47+,49-,50?,51+,52-,54-,55+,59-/m1/s1. The van der Waals surface area contributed by atoms with Crippen LogP contribution in [0, 0.1) is 35.5 Å². The van der Waals surface area contributed by atoms with Gasteiger partial charge in [0.2, 0.25) is 5.79 Å². The van der Waals surface area contributed by atoms with E-state index in [0.717, 1.165) is 18.4 Å². The molecule has 1 N–H and O–H groups in total. The van der Waals surface area contributed by atoms with Crippen LogP contribution in [0.25, 0.3) is 0 Å². The number of carbonyl (C=O) groups excluding carboxylic acids is 5. The molecule has 2 saturated heterocycles. The average molecular weight is 1070 g/mol. The summed E-state index contributed by atoms with van der Waals surface area (Å²) in [5.74, 6) is -7.55. The molecule has 3 fully saturated rings. The van der Waals surface area contributed by atoms with Crippen molar-refractivity contribution in [3.8, 4) is 0 Å². The number of allylic oxidation sites excluding steroid dienone is 6. The van der Waals surface area contributed by atoms with Gasteiger partial charge in [-0.2, -0.15) is 0 Å². The van der Waals surface area contributed by atoms with Gasteiger partial charge in [0.25, 0.3) is 11.7 Å². The van der Waals surface area contributed by atoms with E-state index >= 15 is 0 Å². The van der Waals surface area contributed by atoms with E-state index in [2.05, 4.69) is 0 Å². The molecule has 0 spiro atoms. The number of methoxy groups -OCH3 is 5. The highest BCUT2D eigenvalue weighted by molar-refractivity contribution is 6.39. The van der Waals surface area contributed by atoms with Crippen molar-refractivity contribution < 1.29 is 76.4 Å². The molecule has 4 aliphatic rings. The molecule has 1 aliphatic carbocycles. The maximum atomic E-state index is 14.7. The van der Waals surface area contributed by atoms with Gasteiger partial charge < -0.3 is 57.4 Å². The Morgan fingerprint density at radius 2 is 1.43 bits per heavy atom. The van der Waals surface area contributed by atoms with Crippen LogP contribution in [0.2, 0.25) is 0 Å². The number of esters is 1. The van der Waals surface area contributed by atoms with Crippen LogP contribution < -0.4 is 0 Å². The van der Waals surface area contributed by atoms with Gasteiger partial charge in [0.1, 0.15) is 30.1 Å². The van der Waals surface area contributed by atoms with Gasteiger partial charge in [-0.15, -0.1) is 0 Å². The number of hydrogen-bond acceptors (Lipinski definition) is 16. The van der Waals surface area contributed by atoms with Gasteiger partial charge in [0.15, 0.2) is 5.78 Å². The van der Waals surface area contributed by atoms with Crippen molar-refractivity contribution in [2.75, 3.05) is 81.7 Å². The quantitative estimate of drug-likeness (QED) is 0.0648. The molecule has 0 aromatic heterocycles. The molecule has 1 saturated carbocycles. The highest BCUT2D eigenvalue weighted by Crippen LogP contribution is 2.38. The molecule has 2 bridgehead atoms. The highest BCUT2D eigenvalue weighted by Gasteiger charge is 2.53. The molecule has 3 heterocycles. The van der Waals surface area contributed by atoms with Gasteiger partial charge in [0.05, 0.1) is 64.1 Å². The molecular formula is C59H95NO16. The van der Waals surface area contributed by atoms with Gasteiger partial charge in [-0.1, -0.05) is 71.1 Å². The molecule has 17 heteroatoms. The third kappa shape index (κ3) is 19.1. The summed E-state index contributed by atoms with van der Waals surface area (Å²) in [6, 6.07) is -1.14. The smallest absolute Gasteiger partial charge is 0.329 e. The van der Waals surface area contributed by atoms with Gasteiger partial charge in [0, 0.05) is 72.7 Å². The number of piperidine rings is 1. The molecule has 0 aromatic rings. The number of aliphatic hydroxyl groups is 1. The van der Waals surface area contributed by atoms with Crippen LogP contribution in [0.4, 0.5) is 0 Å². The number of ether oxygens (including phenoxy) is 10. The van der Waals surface area contributed by atoms with Crippen molar-refractivity contribution in [3.05, 3.63) is 47.6 Å². The number of rotatable bonds is 17. The van der Waals surface area contributed by atoms with Crippen LogP contribution >= 0.6 is 0 Å². The van der Waals surface area contributed by atoms with Crippen LogP contribution in [0.3, 0.4) is 0 Å². The first-order valence-corrected chi connectivity index (χ1v) is 27.9. The van der Waals surface area contributed by atoms with E-state index in [9.17, 15) is 29.1 Å². The second-order valence-electron chi connectivity index (χ2n) is 21.9. The second kappa shape index (κ2) is 33.2. The van der Waals surface area contributed by atoms with E-state index in [-0.39, 0.29) is 79.9 Å². The Labute approximate surface area is 454 Å². The number of nitrogens with zero attached hydrogens (tertiary/aromatic N) is 1. The van der Waals surface area contributed by atoms with Crippen LogP contribution in [-0.4, -0.2) is 176 Å². The first-order chi connectivity index (χ1) is 36.3. The Balaban J connectivity index is 1.72. The number of Topliss-reactive ketones (excluding diaryl/α,β-unsaturated/α-hetero) is 3. The van der Waals surface area contributed by atoms with Crippen molar-refractivity contribution >= 4 is 29.2 Å². The summed E-state index contributed by atoms with van der Waals surface area (Å²) < 4.78 is 58.8. The fourth-order valence-electron chi connectivity index (χ4n) is 11.3. The fraction of sp³-hybridized carbons (Fsp3) is 0.780. The zero-order valence-corrected chi connectivity index (χ0v) is 48.0. The molecular weight excluding hydrogens is 979 g/mol. The Kier molecular flexibility index (Phi) is 28.4. The topological polar surface area (TPSA) is 201 Å². The molecule has 432 valence electrons. The Morgan fingerprint density at radius 1 is 0.737 bits per heavy atom. The zero-order valence-electron chi connectivity index (χ0n) is 48.0. The van der Waals surface area contributed by atoms with E-state index < -0.39 is 71.8 Å². The zero-order chi connectivity index (χ0) is 56.0. The van der Waals surface area contributed by atoms with Gasteiger partial charge in [-0.3, -0.25) is 19.2 Å². The third-order valence-corrected chi connectivity index (χ3v) is 16.0. The molecule has 3 aliphatic heterocycles. The summed E-state index contributed by atoms with van der Waals surface area (Å²) >= 11 is 0. The minimum absolute atomic E-state index is 0.0348. The minimum Gasteiger partial charge on any atom is -0.460 e. The van der Waals surface area contributed by atoms with E-state index in [0.29, 0.717) is 83.6 Å². The average Bonchev–Trinajstić information content (AvgIpc) is 3.40. The number of cyclic esters (lactones) is 1. The second-order valence-corrected chi connectivity index (χ2v) is 21.9. The molecule has 76 heavy (non-hydrogen) atoms. The highest BCUT2D eigenvalue weighted by atomic mass is 16.6. The lowest BCUT2D eigenvalue weighted by Crippen LogP contribution is -2.61. The normalized spacial score (nSPS) is 35.2. The number of carbonyl (C=O) groups is 5. The molecule has 0 aromatic carbocycles. The van der Waals surface area contributed by atoms with E-state index in [4.69, 9.17) is 47.4 Å². The largest absolute Gasteiger partial charge is 0.460 e. The van der Waals surface area contributed by atoms with Crippen molar-refractivity contribution in [2.45, 2.75) is 180 Å². The van der Waals surface area contributed by atoms with E-state index in [1.54, 1.807) is 41.3 Å². The van der Waals surface area contributed by atoms with E-state index in [1.807, 2.05) is 65.0 Å². The van der Waals surface area contributed by atoms with Crippen LogP contribution in [0.5, 0.6) is 0 Å². The fourth-order valence-corrected chi connectivity index (χ4v) is 11.3. The number of fused-ring (bicyclic) bond motifs is 3. The Hall–Kier alpha value is -3.49. The van der Waals surface area contributed by atoms with Crippen molar-refractivity contribution in [1.29, 1.82) is 0 Å². The van der Waals surface area contributed by atoms with Crippen LogP contribution in [0.1, 0.15) is 126 Å². The summed E-state index contributed by atoms with van der Waals surface area (Å²) in [4.78, 5) is 73.4. The minimum atomic E-state index is -2.47. The maximum Gasteiger partial charge on any atom is 0.329 e. The van der Waals surface area contributed by atoms with Gasteiger partial charge in [-0.25, -0.2) is 4.79 Å². The summed E-state index contributed by atoms with van der Waals surface area (Å²) in [6.07, 6.45) is 13.3. The number of amides is 1. The van der Waals surface area contributed by atoms with Crippen LogP contribution in [-0.2, 0) is 71.3 Å². The monoisotopic (exact) mass is 1070 g/mol. The van der Waals surface area contributed by atoms with Gasteiger partial charge >= 0.3 is 5.97 Å². The lowest BCUT2D eigenvalue weighted by molar-refractivity contribution is -0.266. The molecule has 1 unspecified atom stereocenters. The maximum absolute atomic E-state index is 14.7. The van der Waals surface area contributed by atoms with Crippen LogP contribution in [0.15, 0.2) is 47.6 Å². The number of hydrogen-bond donors (Lipinski definition) is 1.